The van der Waals surface area contributed by atoms with Crippen LogP contribution in [-0.4, -0.2) is 4.98 Å². The summed E-state index contributed by atoms with van der Waals surface area (Å²) in [6.45, 7) is 0. The molecule has 0 bridgehead atoms. The average molecular weight is 202 g/mol. The van der Waals surface area contributed by atoms with E-state index in [9.17, 15) is 0 Å². The average Bonchev–Trinajstić information content (AvgIpc) is 2.30. The lowest BCUT2D eigenvalue weighted by molar-refractivity contribution is 1.14. The molecule has 2 rings (SSSR count). The molecule has 0 aliphatic heterocycles. The minimum Gasteiger partial charge on any atom is -0.272 e. The van der Waals surface area contributed by atoms with E-state index >= 15 is 0 Å². The van der Waals surface area contributed by atoms with E-state index in [4.69, 9.17) is 5.14 Å². The molecule has 2 aromatic rings. The number of nitrogens with zero attached hydrogens (tertiary/aromatic N) is 1. The zero-order chi connectivity index (χ0) is 9.80. The van der Waals surface area contributed by atoms with Gasteiger partial charge in [-0.1, -0.05) is 36.4 Å². The lowest BCUT2D eigenvalue weighted by Crippen LogP contribution is -1.85. The zero-order valence-electron chi connectivity index (χ0n) is 7.55. The van der Waals surface area contributed by atoms with Crippen LogP contribution in [0.3, 0.4) is 0 Å². The molecule has 0 unspecified atom stereocenters. The summed E-state index contributed by atoms with van der Waals surface area (Å²) in [6.07, 6.45) is 1.84. The van der Waals surface area contributed by atoms with Crippen molar-refractivity contribution < 1.29 is 0 Å². The molecule has 2 nitrogen and oxygen atoms in total. The molecular formula is C11H10N2S. The molecule has 0 fully saturated rings. The first-order valence-electron chi connectivity index (χ1n) is 4.28. The highest BCUT2D eigenvalue weighted by Gasteiger charge is 1.96. The van der Waals surface area contributed by atoms with Gasteiger partial charge in [0, 0.05) is 11.8 Å². The number of nitrogens with two attached hydrogens (primary N) is 1. The Kier molecular flexibility index (Phi) is 2.81. The fraction of sp³-hybridized carbons (Fsp3) is 0. The summed E-state index contributed by atoms with van der Waals surface area (Å²) in [5.74, 6) is 0. The molecule has 0 spiro atoms. The number of hydrogen-bond donors (Lipinski definition) is 1. The molecular weight excluding hydrogens is 192 g/mol. The van der Waals surface area contributed by atoms with Crippen molar-refractivity contribution in [3.8, 4) is 11.1 Å². The van der Waals surface area contributed by atoms with E-state index in [1.54, 1.807) is 0 Å². The molecule has 2 N–H and O–H groups in total. The third-order valence-corrected chi connectivity index (χ3v) is 2.45. The van der Waals surface area contributed by atoms with Gasteiger partial charge >= 0.3 is 0 Å². The van der Waals surface area contributed by atoms with E-state index in [1.807, 2.05) is 36.5 Å². The van der Waals surface area contributed by atoms with Gasteiger partial charge in [-0.2, -0.15) is 0 Å². The Morgan fingerprint density at radius 2 is 1.71 bits per heavy atom. The van der Waals surface area contributed by atoms with E-state index in [1.165, 1.54) is 5.56 Å². The van der Waals surface area contributed by atoms with Gasteiger partial charge in [0.25, 0.3) is 0 Å². The number of aromatic nitrogens is 1. The first kappa shape index (κ1) is 9.24. The fourth-order valence-corrected chi connectivity index (χ4v) is 1.51. The maximum absolute atomic E-state index is 5.39. The largest absolute Gasteiger partial charge is 0.272 e. The van der Waals surface area contributed by atoms with E-state index in [-0.39, 0.29) is 0 Å². The summed E-state index contributed by atoms with van der Waals surface area (Å²) >= 11 is 1.16. The molecule has 0 aliphatic carbocycles. The summed E-state index contributed by atoms with van der Waals surface area (Å²) in [7, 11) is 0. The predicted molar refractivity (Wildman–Crippen MR) is 59.7 cm³/mol. The molecule has 0 atom stereocenters. The Labute approximate surface area is 87.3 Å². The second-order valence-electron chi connectivity index (χ2n) is 2.87. The van der Waals surface area contributed by atoms with Gasteiger partial charge in [-0.3, -0.25) is 5.14 Å². The third-order valence-electron chi connectivity index (χ3n) is 1.96. The number of rotatable bonds is 2. The smallest absolute Gasteiger partial charge is 0.111 e. The molecule has 0 aliphatic rings. The van der Waals surface area contributed by atoms with Gasteiger partial charge in [-0.25, -0.2) is 4.98 Å². The topological polar surface area (TPSA) is 38.9 Å². The molecule has 3 heteroatoms. The van der Waals surface area contributed by atoms with Crippen LogP contribution in [0.25, 0.3) is 11.1 Å². The Balaban J connectivity index is 2.34. The van der Waals surface area contributed by atoms with Crippen LogP contribution in [0.4, 0.5) is 0 Å². The Bertz CT molecular complexity index is 397. The first-order valence-corrected chi connectivity index (χ1v) is 5.16. The van der Waals surface area contributed by atoms with Crippen LogP contribution in [0.15, 0.2) is 53.7 Å². The van der Waals surface area contributed by atoms with Gasteiger partial charge in [0.05, 0.1) is 0 Å². The first-order chi connectivity index (χ1) is 6.90. The molecule has 70 valence electrons. The lowest BCUT2D eigenvalue weighted by Gasteiger charge is -2.00. The van der Waals surface area contributed by atoms with Crippen LogP contribution in [0.1, 0.15) is 0 Å². The number of pyridine rings is 1. The van der Waals surface area contributed by atoms with Crippen LogP contribution in [0.5, 0.6) is 0 Å². The van der Waals surface area contributed by atoms with Gasteiger partial charge in [-0.05, 0) is 23.6 Å². The van der Waals surface area contributed by atoms with Crippen molar-refractivity contribution >= 4 is 11.9 Å². The minimum atomic E-state index is 0.838. The van der Waals surface area contributed by atoms with Crippen molar-refractivity contribution in [3.05, 3.63) is 48.7 Å². The summed E-state index contributed by atoms with van der Waals surface area (Å²) in [5.41, 5.74) is 2.29. The third kappa shape index (κ3) is 1.95. The lowest BCUT2D eigenvalue weighted by atomic mass is 10.1. The highest BCUT2D eigenvalue weighted by Crippen LogP contribution is 2.19. The summed E-state index contributed by atoms with van der Waals surface area (Å²) < 4.78 is 0. The van der Waals surface area contributed by atoms with Crippen molar-refractivity contribution in [2.45, 2.75) is 5.03 Å². The van der Waals surface area contributed by atoms with Crippen LogP contribution in [0, 0.1) is 0 Å². The van der Waals surface area contributed by atoms with Crippen molar-refractivity contribution in [2.75, 3.05) is 0 Å². The normalized spacial score (nSPS) is 10.1. The molecule has 1 aromatic carbocycles. The van der Waals surface area contributed by atoms with Crippen molar-refractivity contribution in [1.29, 1.82) is 0 Å². The van der Waals surface area contributed by atoms with E-state index in [0.29, 0.717) is 0 Å². The van der Waals surface area contributed by atoms with E-state index < -0.39 is 0 Å². The highest BCUT2D eigenvalue weighted by atomic mass is 32.2. The van der Waals surface area contributed by atoms with Crippen LogP contribution in [0.2, 0.25) is 0 Å². The molecule has 0 radical (unpaired) electrons. The Hall–Kier alpha value is -1.32. The summed E-state index contributed by atoms with van der Waals surface area (Å²) in [6, 6.07) is 14.1. The monoisotopic (exact) mass is 202 g/mol. The molecule has 14 heavy (non-hydrogen) atoms. The molecule has 1 heterocycles. The Morgan fingerprint density at radius 1 is 0.929 bits per heavy atom. The maximum atomic E-state index is 5.39. The standard InChI is InChI=1S/C11H10N2S/c12-14-11-7-6-10(8-13-11)9-4-2-1-3-5-9/h1-8H,12H2. The summed E-state index contributed by atoms with van der Waals surface area (Å²) in [4.78, 5) is 4.21. The summed E-state index contributed by atoms with van der Waals surface area (Å²) in [5, 5.41) is 6.23. The zero-order valence-corrected chi connectivity index (χ0v) is 8.37. The second-order valence-corrected chi connectivity index (χ2v) is 3.52. The van der Waals surface area contributed by atoms with Crippen molar-refractivity contribution in [2.24, 2.45) is 5.14 Å². The van der Waals surface area contributed by atoms with E-state index in [0.717, 1.165) is 22.5 Å². The van der Waals surface area contributed by atoms with Crippen LogP contribution in [-0.2, 0) is 0 Å². The van der Waals surface area contributed by atoms with Gasteiger partial charge in [0.1, 0.15) is 5.03 Å². The fourth-order valence-electron chi connectivity index (χ4n) is 1.25. The minimum absolute atomic E-state index is 0.838. The Morgan fingerprint density at radius 3 is 2.29 bits per heavy atom. The predicted octanol–water partition coefficient (Wildman–Crippen LogP) is 2.71. The van der Waals surface area contributed by atoms with Gasteiger partial charge in [0.15, 0.2) is 0 Å². The number of hydrogen-bond acceptors (Lipinski definition) is 3. The second kappa shape index (κ2) is 4.26. The van der Waals surface area contributed by atoms with Gasteiger partial charge in [0.2, 0.25) is 0 Å². The van der Waals surface area contributed by atoms with E-state index in [2.05, 4.69) is 17.1 Å². The molecule has 0 amide bonds. The van der Waals surface area contributed by atoms with Crippen molar-refractivity contribution in [3.63, 3.8) is 0 Å². The quantitative estimate of drug-likeness (QED) is 0.761. The van der Waals surface area contributed by atoms with Crippen molar-refractivity contribution in [1.82, 2.24) is 4.98 Å². The molecule has 0 saturated carbocycles. The molecule has 0 saturated heterocycles. The van der Waals surface area contributed by atoms with Gasteiger partial charge in [-0.15, -0.1) is 0 Å². The highest BCUT2D eigenvalue weighted by molar-refractivity contribution is 7.97. The SMILES string of the molecule is NSc1ccc(-c2ccccc2)cn1. The van der Waals surface area contributed by atoms with Gasteiger partial charge < -0.3 is 0 Å². The number of benzene rings is 1. The van der Waals surface area contributed by atoms with Crippen LogP contribution < -0.4 is 5.14 Å². The maximum Gasteiger partial charge on any atom is 0.111 e. The van der Waals surface area contributed by atoms with Crippen LogP contribution >= 0.6 is 11.9 Å². The molecule has 1 aromatic heterocycles.